The van der Waals surface area contributed by atoms with Gasteiger partial charge in [0, 0.05) is 27.7 Å². The summed E-state index contributed by atoms with van der Waals surface area (Å²) in [6, 6.07) is 5.25. The zero-order valence-electron chi connectivity index (χ0n) is 17.1. The molecular formula is C20H26BrN3O4S2. The van der Waals surface area contributed by atoms with Crippen LogP contribution in [-0.2, 0) is 14.8 Å². The molecule has 3 rings (SSSR count). The van der Waals surface area contributed by atoms with Gasteiger partial charge in [0.15, 0.2) is 0 Å². The molecule has 2 aromatic rings. The van der Waals surface area contributed by atoms with Gasteiger partial charge in [-0.25, -0.2) is 22.9 Å². The number of rotatable bonds is 5. The summed E-state index contributed by atoms with van der Waals surface area (Å²) < 4.78 is 34.6. The van der Waals surface area contributed by atoms with Crippen LogP contribution in [0.25, 0.3) is 10.4 Å². The van der Waals surface area contributed by atoms with Crippen LogP contribution in [0.15, 0.2) is 33.8 Å². The highest BCUT2D eigenvalue weighted by Gasteiger charge is 2.29. The second-order valence-electron chi connectivity index (χ2n) is 8.47. The molecule has 1 aromatic heterocycles. The minimum atomic E-state index is -3.72. The summed E-state index contributed by atoms with van der Waals surface area (Å²) in [5.41, 5.74) is 5.14. The Hall–Kier alpha value is -1.49. The van der Waals surface area contributed by atoms with Crippen LogP contribution in [-0.4, -0.2) is 31.1 Å². The second-order valence-corrected chi connectivity index (χ2v) is 12.1. The van der Waals surface area contributed by atoms with E-state index in [1.807, 2.05) is 26.8 Å². The fraction of sp³-hybridized carbons (Fsp3) is 0.500. The Morgan fingerprint density at radius 3 is 2.53 bits per heavy atom. The van der Waals surface area contributed by atoms with E-state index in [0.717, 1.165) is 35.6 Å². The van der Waals surface area contributed by atoms with E-state index in [-0.39, 0.29) is 16.9 Å². The first-order valence-corrected chi connectivity index (χ1v) is 12.8. The molecule has 0 atom stereocenters. The molecule has 30 heavy (non-hydrogen) atoms. The van der Waals surface area contributed by atoms with Gasteiger partial charge in [0.1, 0.15) is 6.10 Å². The molecular weight excluding hydrogens is 490 g/mol. The molecule has 10 heteroatoms. The fourth-order valence-corrected chi connectivity index (χ4v) is 6.94. The monoisotopic (exact) mass is 515 g/mol. The highest BCUT2D eigenvalue weighted by Crippen LogP contribution is 2.40. The summed E-state index contributed by atoms with van der Waals surface area (Å²) in [6.45, 7) is 5.43. The van der Waals surface area contributed by atoms with Gasteiger partial charge in [-0.05, 0) is 58.6 Å². The molecule has 1 saturated carbocycles. The van der Waals surface area contributed by atoms with Gasteiger partial charge < -0.3 is 10.5 Å². The molecule has 7 nitrogen and oxygen atoms in total. The van der Waals surface area contributed by atoms with Crippen LogP contribution in [0.3, 0.4) is 0 Å². The molecule has 1 fully saturated rings. The van der Waals surface area contributed by atoms with Crippen LogP contribution >= 0.6 is 27.3 Å². The number of carbonyl (C=O) groups is 1. The smallest absolute Gasteiger partial charge is 0.404 e. The van der Waals surface area contributed by atoms with Crippen molar-refractivity contribution in [3.8, 4) is 10.4 Å². The lowest BCUT2D eigenvalue weighted by Gasteiger charge is -2.26. The largest absolute Gasteiger partial charge is 0.446 e. The number of carbonyl (C=O) groups excluding carboxylic acids is 1. The molecule has 164 valence electrons. The first-order chi connectivity index (χ1) is 13.9. The topological polar surface area (TPSA) is 111 Å². The van der Waals surface area contributed by atoms with E-state index in [9.17, 15) is 13.2 Å². The number of benzene rings is 1. The van der Waals surface area contributed by atoms with E-state index < -0.39 is 21.7 Å². The number of thiazole rings is 1. The number of hydrogen-bond acceptors (Lipinski definition) is 6. The molecule has 0 unspecified atom stereocenters. The normalized spacial score (nSPS) is 20.1. The molecule has 1 amide bonds. The zero-order valence-corrected chi connectivity index (χ0v) is 20.4. The first-order valence-electron chi connectivity index (χ1n) is 9.70. The molecule has 0 radical (unpaired) electrons. The first kappa shape index (κ1) is 23.2. The number of ether oxygens (including phenoxy) is 1. The maximum Gasteiger partial charge on any atom is 0.404 e. The third kappa shape index (κ3) is 5.81. The van der Waals surface area contributed by atoms with Crippen LogP contribution in [0.5, 0.6) is 0 Å². The van der Waals surface area contributed by atoms with Crippen molar-refractivity contribution in [1.29, 1.82) is 0 Å². The van der Waals surface area contributed by atoms with Crippen molar-refractivity contribution in [2.45, 2.75) is 68.9 Å². The number of sulfonamides is 1. The maximum absolute atomic E-state index is 13.0. The number of nitrogens with one attached hydrogen (secondary N) is 1. The number of nitrogens with two attached hydrogens (primary N) is 1. The molecule has 3 N–H and O–H groups in total. The van der Waals surface area contributed by atoms with Crippen molar-refractivity contribution in [3.63, 3.8) is 0 Å². The third-order valence-corrected chi connectivity index (χ3v) is 8.25. The fourth-order valence-electron chi connectivity index (χ4n) is 3.57. The van der Waals surface area contributed by atoms with E-state index in [4.69, 9.17) is 10.5 Å². The van der Waals surface area contributed by atoms with Crippen LogP contribution in [0.4, 0.5) is 4.79 Å². The van der Waals surface area contributed by atoms with Gasteiger partial charge in [0.25, 0.3) is 0 Å². The summed E-state index contributed by atoms with van der Waals surface area (Å²) >= 11 is 4.89. The Balaban J connectivity index is 1.85. The van der Waals surface area contributed by atoms with Crippen LogP contribution in [0.1, 0.15) is 57.4 Å². The number of primary amides is 1. The Morgan fingerprint density at radius 1 is 1.27 bits per heavy atom. The van der Waals surface area contributed by atoms with E-state index >= 15 is 0 Å². The predicted molar refractivity (Wildman–Crippen MR) is 121 cm³/mol. The SMILES string of the molecule is CC(C)(C)NS(=O)(=O)c1cc(Br)ccc1-c1cnc(C2CCC(OC(N)=O)CC2)s1. The Kier molecular flexibility index (Phi) is 6.91. The number of hydrogen-bond donors (Lipinski definition) is 2. The highest BCUT2D eigenvalue weighted by atomic mass is 79.9. The summed E-state index contributed by atoms with van der Waals surface area (Å²) in [4.78, 5) is 16.5. The maximum atomic E-state index is 13.0. The van der Waals surface area contributed by atoms with Gasteiger partial charge in [-0.1, -0.05) is 22.0 Å². The van der Waals surface area contributed by atoms with Crippen LogP contribution in [0, 0.1) is 0 Å². The summed E-state index contributed by atoms with van der Waals surface area (Å²) in [7, 11) is -3.72. The minimum Gasteiger partial charge on any atom is -0.446 e. The summed E-state index contributed by atoms with van der Waals surface area (Å²) in [5.74, 6) is 0.264. The van der Waals surface area contributed by atoms with E-state index in [1.54, 1.807) is 18.3 Å². The van der Waals surface area contributed by atoms with E-state index in [0.29, 0.717) is 10.0 Å². The van der Waals surface area contributed by atoms with Crippen molar-refractivity contribution in [2.75, 3.05) is 0 Å². The van der Waals surface area contributed by atoms with Crippen LogP contribution in [0.2, 0.25) is 0 Å². The van der Waals surface area contributed by atoms with Gasteiger partial charge in [-0.3, -0.25) is 0 Å². The van der Waals surface area contributed by atoms with Gasteiger partial charge in [-0.15, -0.1) is 11.3 Å². The quantitative estimate of drug-likeness (QED) is 0.595. The van der Waals surface area contributed by atoms with Gasteiger partial charge in [0.05, 0.1) is 14.8 Å². The number of nitrogens with zero attached hydrogens (tertiary/aromatic N) is 1. The van der Waals surface area contributed by atoms with Crippen LogP contribution < -0.4 is 10.5 Å². The van der Waals surface area contributed by atoms with Gasteiger partial charge in [-0.2, -0.15) is 0 Å². The van der Waals surface area contributed by atoms with Crippen molar-refractivity contribution in [3.05, 3.63) is 33.9 Å². The molecule has 0 saturated heterocycles. The number of amides is 1. The summed E-state index contributed by atoms with van der Waals surface area (Å²) in [5, 5.41) is 0.970. The Morgan fingerprint density at radius 2 is 1.93 bits per heavy atom. The zero-order chi connectivity index (χ0) is 22.1. The third-order valence-electron chi connectivity index (χ3n) is 4.77. The predicted octanol–water partition coefficient (Wildman–Crippen LogP) is 4.77. The average molecular weight is 516 g/mol. The number of aromatic nitrogens is 1. The average Bonchev–Trinajstić information content (AvgIpc) is 3.09. The Bertz CT molecular complexity index is 1020. The van der Waals surface area contributed by atoms with Gasteiger partial charge in [0.2, 0.25) is 10.0 Å². The second kappa shape index (κ2) is 8.94. The number of halogens is 1. The molecule has 1 aromatic carbocycles. The molecule has 0 spiro atoms. The molecule has 0 bridgehead atoms. The Labute approximate surface area is 189 Å². The van der Waals surface area contributed by atoms with Crippen molar-refractivity contribution >= 4 is 43.4 Å². The van der Waals surface area contributed by atoms with Gasteiger partial charge >= 0.3 is 6.09 Å². The standard InChI is InChI=1S/C20H26BrN3O4S2/c1-20(2,3)24-30(26,27)17-10-13(21)6-9-15(17)16-11-23-18(29-16)12-4-7-14(8-5-12)28-19(22)25/h6,9-12,14,24H,4-5,7-8H2,1-3H3,(H2,22,25). The van der Waals surface area contributed by atoms with E-state index in [2.05, 4.69) is 25.6 Å². The molecule has 0 aliphatic heterocycles. The van der Waals surface area contributed by atoms with Crippen molar-refractivity contribution in [2.24, 2.45) is 5.73 Å². The van der Waals surface area contributed by atoms with Crippen molar-refractivity contribution < 1.29 is 17.9 Å². The summed E-state index contributed by atoms with van der Waals surface area (Å²) in [6.07, 6.45) is 4.06. The highest BCUT2D eigenvalue weighted by molar-refractivity contribution is 9.10. The molecule has 1 aliphatic rings. The minimum absolute atomic E-state index is 0.134. The lowest BCUT2D eigenvalue weighted by atomic mass is 9.88. The lowest BCUT2D eigenvalue weighted by molar-refractivity contribution is 0.0787. The van der Waals surface area contributed by atoms with Crippen molar-refractivity contribution in [1.82, 2.24) is 9.71 Å². The molecule has 1 heterocycles. The van der Waals surface area contributed by atoms with E-state index in [1.165, 1.54) is 11.3 Å². The molecule has 1 aliphatic carbocycles. The lowest BCUT2D eigenvalue weighted by Crippen LogP contribution is -2.40.